The summed E-state index contributed by atoms with van der Waals surface area (Å²) in [5.74, 6) is 0. The lowest BCUT2D eigenvalue weighted by Gasteiger charge is -2.40. The van der Waals surface area contributed by atoms with Crippen molar-refractivity contribution in [3.63, 3.8) is 0 Å². The average Bonchev–Trinajstić information content (AvgIpc) is 2.91. The second kappa shape index (κ2) is 5.53. The van der Waals surface area contributed by atoms with E-state index in [1.54, 1.807) is 0 Å². The minimum absolute atomic E-state index is 0.0994. The molecule has 0 fully saturated rings. The highest BCUT2D eigenvalue weighted by molar-refractivity contribution is 6.90. The zero-order valence-electron chi connectivity index (χ0n) is 13.9. The molecule has 2 aromatic carbocycles. The van der Waals surface area contributed by atoms with Crippen molar-refractivity contribution in [1.29, 1.82) is 0 Å². The first-order valence-corrected chi connectivity index (χ1v) is 10.6. The number of nitrogens with one attached hydrogen (secondary N) is 1. The molecular weight excluding hydrogens is 282 g/mol. The lowest BCUT2D eigenvalue weighted by molar-refractivity contribution is 0.511. The molecule has 1 nitrogen and oxygen atoms in total. The zero-order valence-corrected chi connectivity index (χ0v) is 14.9. The van der Waals surface area contributed by atoms with E-state index in [4.69, 9.17) is 0 Å². The van der Waals surface area contributed by atoms with Gasteiger partial charge in [0.15, 0.2) is 8.24 Å². The van der Waals surface area contributed by atoms with Gasteiger partial charge in [0.1, 0.15) is 0 Å². The molecule has 114 valence electrons. The Bertz CT molecular complexity index is 684. The summed E-state index contributed by atoms with van der Waals surface area (Å²) >= 11 is 0. The number of hydrogen-bond donors (Lipinski definition) is 1. The van der Waals surface area contributed by atoms with Crippen LogP contribution in [0, 0.1) is 0 Å². The van der Waals surface area contributed by atoms with Crippen LogP contribution in [-0.2, 0) is 0 Å². The predicted molar refractivity (Wildman–Crippen MR) is 98.8 cm³/mol. The third-order valence-corrected chi connectivity index (χ3v) is 8.98. The molecule has 0 heterocycles. The first-order valence-electron chi connectivity index (χ1n) is 8.02. The molecule has 1 aliphatic rings. The van der Waals surface area contributed by atoms with Crippen LogP contribution in [-0.4, -0.2) is 13.8 Å². The van der Waals surface area contributed by atoms with Gasteiger partial charge in [0.2, 0.25) is 0 Å². The summed E-state index contributed by atoms with van der Waals surface area (Å²) in [6.07, 6.45) is 4.70. The van der Waals surface area contributed by atoms with E-state index in [1.807, 2.05) is 0 Å². The smallest absolute Gasteiger partial charge is 0.166 e. The van der Waals surface area contributed by atoms with Crippen LogP contribution in [0.3, 0.4) is 0 Å². The Morgan fingerprint density at radius 1 is 0.909 bits per heavy atom. The Kier molecular flexibility index (Phi) is 3.83. The zero-order chi connectivity index (χ0) is 15.8. The van der Waals surface area contributed by atoms with Crippen molar-refractivity contribution in [2.24, 2.45) is 0 Å². The van der Waals surface area contributed by atoms with Gasteiger partial charge >= 0.3 is 0 Å². The van der Waals surface area contributed by atoms with Gasteiger partial charge in [0.05, 0.1) is 0 Å². The van der Waals surface area contributed by atoms with E-state index in [0.29, 0.717) is 5.54 Å². The van der Waals surface area contributed by atoms with Crippen LogP contribution >= 0.6 is 0 Å². The van der Waals surface area contributed by atoms with Crippen molar-refractivity contribution in [2.45, 2.75) is 38.4 Å². The van der Waals surface area contributed by atoms with Gasteiger partial charge in [-0.15, -0.1) is 0 Å². The number of benzene rings is 2. The molecule has 2 heteroatoms. The van der Waals surface area contributed by atoms with Gasteiger partial charge in [-0.05, 0) is 37.1 Å². The van der Waals surface area contributed by atoms with Gasteiger partial charge in [-0.2, -0.15) is 0 Å². The predicted octanol–water partition coefficient (Wildman–Crippen LogP) is 4.21. The highest BCUT2D eigenvalue weighted by Crippen LogP contribution is 2.36. The van der Waals surface area contributed by atoms with E-state index >= 15 is 0 Å². The van der Waals surface area contributed by atoms with Crippen molar-refractivity contribution in [3.05, 3.63) is 71.8 Å². The fourth-order valence-corrected chi connectivity index (χ4v) is 8.11. The molecule has 0 radical (unpaired) electrons. The minimum atomic E-state index is -1.92. The molecule has 0 saturated carbocycles. The minimum Gasteiger partial charge on any atom is -0.329 e. The molecular formula is C20H25NSi. The van der Waals surface area contributed by atoms with Crippen molar-refractivity contribution in [2.75, 3.05) is 0 Å². The summed E-state index contributed by atoms with van der Waals surface area (Å²) in [5, 5.41) is 1.47. The Hall–Kier alpha value is -1.64. The van der Waals surface area contributed by atoms with Crippen LogP contribution in [0.15, 0.2) is 60.7 Å². The first kappa shape index (κ1) is 15.3. The van der Waals surface area contributed by atoms with Gasteiger partial charge in [0, 0.05) is 11.1 Å². The van der Waals surface area contributed by atoms with Crippen molar-refractivity contribution in [3.8, 4) is 0 Å². The molecule has 2 unspecified atom stereocenters. The second-order valence-electron chi connectivity index (χ2n) is 7.41. The molecule has 1 aliphatic carbocycles. The molecule has 2 aromatic rings. The van der Waals surface area contributed by atoms with Crippen LogP contribution in [0.4, 0.5) is 0 Å². The van der Waals surface area contributed by atoms with E-state index in [9.17, 15) is 0 Å². The highest BCUT2D eigenvalue weighted by atomic mass is 28.3. The molecule has 0 bridgehead atoms. The summed E-state index contributed by atoms with van der Waals surface area (Å²) in [6, 6.07) is 19.8. The molecule has 0 saturated heterocycles. The number of rotatable bonds is 3. The molecule has 2 atom stereocenters. The van der Waals surface area contributed by atoms with Crippen molar-refractivity contribution in [1.82, 2.24) is 4.98 Å². The summed E-state index contributed by atoms with van der Waals surface area (Å²) in [6.45, 7) is 9.27. The number of fused-ring (bicyclic) bond motifs is 1. The van der Waals surface area contributed by atoms with Crippen LogP contribution in [0.1, 0.15) is 37.4 Å². The molecule has 0 amide bonds. The van der Waals surface area contributed by atoms with Crippen LogP contribution < -0.4 is 10.2 Å². The van der Waals surface area contributed by atoms with E-state index in [-0.39, 0.29) is 5.54 Å². The topological polar surface area (TPSA) is 12.0 Å². The molecule has 1 N–H and O–H groups in total. The van der Waals surface area contributed by atoms with Gasteiger partial charge in [-0.1, -0.05) is 73.3 Å². The quantitative estimate of drug-likeness (QED) is 0.838. The maximum absolute atomic E-state index is 4.02. The van der Waals surface area contributed by atoms with E-state index in [0.717, 1.165) is 0 Å². The van der Waals surface area contributed by atoms with Gasteiger partial charge in [-0.25, -0.2) is 0 Å². The Labute approximate surface area is 135 Å². The lowest BCUT2D eigenvalue weighted by atomic mass is 10.1. The van der Waals surface area contributed by atoms with E-state index < -0.39 is 8.24 Å². The van der Waals surface area contributed by atoms with Gasteiger partial charge in [0.25, 0.3) is 0 Å². The Morgan fingerprint density at radius 3 is 2.23 bits per heavy atom. The van der Waals surface area contributed by atoms with Crippen LogP contribution in [0.5, 0.6) is 0 Å². The molecule has 0 aliphatic heterocycles. The fourth-order valence-electron chi connectivity index (χ4n) is 3.65. The third kappa shape index (κ3) is 2.81. The van der Waals surface area contributed by atoms with Crippen molar-refractivity contribution < 1.29 is 0 Å². The van der Waals surface area contributed by atoms with Crippen molar-refractivity contribution >= 4 is 19.5 Å². The first-order chi connectivity index (χ1) is 10.4. The lowest BCUT2D eigenvalue weighted by Crippen LogP contribution is -2.66. The second-order valence-corrected chi connectivity index (χ2v) is 11.3. The summed E-state index contributed by atoms with van der Waals surface area (Å²) in [4.78, 5) is 4.02. The average molecular weight is 308 g/mol. The Morgan fingerprint density at radius 2 is 1.55 bits per heavy atom. The summed E-state index contributed by atoms with van der Waals surface area (Å²) in [7, 11) is -1.92. The maximum Gasteiger partial charge on any atom is 0.166 e. The normalized spacial score (nSPS) is 19.7. The van der Waals surface area contributed by atoms with E-state index in [1.165, 1.54) is 16.3 Å². The summed E-state index contributed by atoms with van der Waals surface area (Å²) < 4.78 is 0. The summed E-state index contributed by atoms with van der Waals surface area (Å²) in [5.41, 5.74) is 3.42. The number of allylic oxidation sites excluding steroid dienone is 1. The van der Waals surface area contributed by atoms with Crippen LogP contribution in [0.2, 0.25) is 6.55 Å². The SMILES string of the molecule is CC(C)(C)N[Si](C)(c1ccccc1)C1C=Cc2ccccc21. The highest BCUT2D eigenvalue weighted by Gasteiger charge is 2.42. The Balaban J connectivity index is 2.10. The van der Waals surface area contributed by atoms with E-state index in [2.05, 4.69) is 99.0 Å². The third-order valence-electron chi connectivity index (χ3n) is 4.43. The fraction of sp³-hybridized carbons (Fsp3) is 0.300. The van der Waals surface area contributed by atoms with Gasteiger partial charge in [-0.3, -0.25) is 0 Å². The maximum atomic E-state index is 4.02. The molecule has 22 heavy (non-hydrogen) atoms. The molecule has 0 spiro atoms. The standard InChI is InChI=1S/C20H25NSi/c1-20(2,3)21-22(4,17-11-6-5-7-12-17)19-15-14-16-10-8-9-13-18(16)19/h5-15,19,21H,1-4H3. The molecule has 3 rings (SSSR count). The number of hydrogen-bond acceptors (Lipinski definition) is 1. The largest absolute Gasteiger partial charge is 0.329 e. The van der Waals surface area contributed by atoms with Gasteiger partial charge < -0.3 is 4.98 Å². The monoisotopic (exact) mass is 307 g/mol. The van der Waals surface area contributed by atoms with Crippen LogP contribution in [0.25, 0.3) is 6.08 Å². The molecule has 0 aromatic heterocycles.